The number of thioether (sulfide) groups is 1. The van der Waals surface area contributed by atoms with Gasteiger partial charge in [0.05, 0.1) is 0 Å². The minimum Gasteiger partial charge on any atom is -0.312 e. The van der Waals surface area contributed by atoms with Crippen molar-refractivity contribution in [2.75, 3.05) is 12.3 Å². The largest absolute Gasteiger partial charge is 0.312 e. The first-order valence-electron chi connectivity index (χ1n) is 4.21. The predicted octanol–water partition coefficient (Wildman–Crippen LogP) is 1.49. The van der Waals surface area contributed by atoms with E-state index in [4.69, 9.17) is 0 Å². The van der Waals surface area contributed by atoms with E-state index in [1.54, 1.807) is 0 Å². The second-order valence-electron chi connectivity index (χ2n) is 3.55. The normalized spacial score (nSPS) is 47.1. The maximum atomic E-state index is 3.59. The molecule has 1 heterocycles. The number of rotatable bonds is 0. The van der Waals surface area contributed by atoms with Crippen LogP contribution in [0.4, 0.5) is 0 Å². The molecule has 58 valence electrons. The van der Waals surface area contributed by atoms with E-state index >= 15 is 0 Å². The molecule has 1 N–H and O–H groups in total. The Morgan fingerprint density at radius 3 is 3.10 bits per heavy atom. The average molecular weight is 157 g/mol. The molecule has 0 bridgehead atoms. The van der Waals surface area contributed by atoms with Crippen LogP contribution in [0, 0.1) is 5.92 Å². The van der Waals surface area contributed by atoms with Crippen molar-refractivity contribution in [2.45, 2.75) is 31.1 Å². The van der Waals surface area contributed by atoms with Gasteiger partial charge in [-0.1, -0.05) is 6.92 Å². The second kappa shape index (κ2) is 2.74. The number of fused-ring (bicyclic) bond motifs is 1. The summed E-state index contributed by atoms with van der Waals surface area (Å²) in [6, 6.07) is 0.855. The van der Waals surface area contributed by atoms with Crippen LogP contribution >= 0.6 is 11.8 Å². The van der Waals surface area contributed by atoms with E-state index in [9.17, 15) is 0 Å². The lowest BCUT2D eigenvalue weighted by atomic mass is 10.1. The van der Waals surface area contributed by atoms with Gasteiger partial charge in [0.25, 0.3) is 0 Å². The molecule has 1 aliphatic carbocycles. The Labute approximate surface area is 67.0 Å². The van der Waals surface area contributed by atoms with Gasteiger partial charge in [0, 0.05) is 23.6 Å². The lowest BCUT2D eigenvalue weighted by Gasteiger charge is -2.25. The van der Waals surface area contributed by atoms with Gasteiger partial charge in [0.2, 0.25) is 0 Å². The topological polar surface area (TPSA) is 12.0 Å². The lowest BCUT2D eigenvalue weighted by Crippen LogP contribution is -2.40. The zero-order chi connectivity index (χ0) is 6.97. The Morgan fingerprint density at radius 2 is 2.30 bits per heavy atom. The van der Waals surface area contributed by atoms with Crippen LogP contribution in [0.2, 0.25) is 0 Å². The summed E-state index contributed by atoms with van der Waals surface area (Å²) in [6.07, 6.45) is 2.86. The number of hydrogen-bond donors (Lipinski definition) is 1. The van der Waals surface area contributed by atoms with Gasteiger partial charge in [-0.15, -0.1) is 0 Å². The van der Waals surface area contributed by atoms with Crippen LogP contribution in [0.15, 0.2) is 0 Å². The molecule has 3 atom stereocenters. The number of nitrogens with one attached hydrogen (secondary N) is 1. The first kappa shape index (κ1) is 6.99. The SMILES string of the molecule is C[C@@H]1CC2NCCSC2C1. The Bertz CT molecular complexity index is 112. The highest BCUT2D eigenvalue weighted by Gasteiger charge is 2.33. The molecule has 2 unspecified atom stereocenters. The van der Waals surface area contributed by atoms with E-state index in [2.05, 4.69) is 24.0 Å². The number of hydrogen-bond acceptors (Lipinski definition) is 2. The van der Waals surface area contributed by atoms with Crippen LogP contribution in [0.5, 0.6) is 0 Å². The molecule has 0 radical (unpaired) electrons. The minimum absolute atomic E-state index is 0.855. The van der Waals surface area contributed by atoms with E-state index in [0.717, 1.165) is 17.2 Å². The lowest BCUT2D eigenvalue weighted by molar-refractivity contribution is 0.514. The molecule has 2 rings (SSSR count). The van der Waals surface area contributed by atoms with E-state index in [1.807, 2.05) is 0 Å². The van der Waals surface area contributed by atoms with Crippen LogP contribution in [-0.4, -0.2) is 23.6 Å². The van der Waals surface area contributed by atoms with Gasteiger partial charge in [0.1, 0.15) is 0 Å². The van der Waals surface area contributed by atoms with Gasteiger partial charge >= 0.3 is 0 Å². The molecule has 0 aromatic carbocycles. The van der Waals surface area contributed by atoms with Crippen molar-refractivity contribution in [1.29, 1.82) is 0 Å². The smallest absolute Gasteiger partial charge is 0.0204 e. The van der Waals surface area contributed by atoms with Gasteiger partial charge < -0.3 is 5.32 Å². The summed E-state index contributed by atoms with van der Waals surface area (Å²) in [6.45, 7) is 3.61. The van der Waals surface area contributed by atoms with Crippen LogP contribution in [0.1, 0.15) is 19.8 Å². The zero-order valence-electron chi connectivity index (χ0n) is 6.47. The van der Waals surface area contributed by atoms with Crippen molar-refractivity contribution in [2.24, 2.45) is 5.92 Å². The molecular weight excluding hydrogens is 142 g/mol. The van der Waals surface area contributed by atoms with E-state index < -0.39 is 0 Å². The summed E-state index contributed by atoms with van der Waals surface area (Å²) in [5.74, 6) is 2.29. The fourth-order valence-corrected chi connectivity index (χ4v) is 3.54. The van der Waals surface area contributed by atoms with E-state index in [0.29, 0.717) is 0 Å². The zero-order valence-corrected chi connectivity index (χ0v) is 7.29. The highest BCUT2D eigenvalue weighted by atomic mass is 32.2. The highest BCUT2D eigenvalue weighted by molar-refractivity contribution is 8.00. The minimum atomic E-state index is 0.855. The summed E-state index contributed by atoms with van der Waals surface area (Å²) in [7, 11) is 0. The molecule has 1 aliphatic heterocycles. The summed E-state index contributed by atoms with van der Waals surface area (Å²) >= 11 is 2.18. The maximum Gasteiger partial charge on any atom is 0.0204 e. The Hall–Kier alpha value is 0.310. The fourth-order valence-electron chi connectivity index (χ4n) is 2.10. The van der Waals surface area contributed by atoms with E-state index in [-0.39, 0.29) is 0 Å². The standard InChI is InChI=1S/C8H15NS/c1-6-4-7-8(5-6)10-3-2-9-7/h6-9H,2-5H2,1H3/t6-,7?,8?/m1/s1. The molecule has 1 saturated carbocycles. The Morgan fingerprint density at radius 1 is 1.40 bits per heavy atom. The third-order valence-corrected chi connectivity index (χ3v) is 3.97. The molecule has 0 aromatic heterocycles. The van der Waals surface area contributed by atoms with Gasteiger partial charge in [-0.3, -0.25) is 0 Å². The van der Waals surface area contributed by atoms with Gasteiger partial charge in [-0.05, 0) is 18.8 Å². The fraction of sp³-hybridized carbons (Fsp3) is 1.00. The highest BCUT2D eigenvalue weighted by Crippen LogP contribution is 2.35. The molecule has 2 aliphatic rings. The summed E-state index contributed by atoms with van der Waals surface area (Å²) in [5.41, 5.74) is 0. The van der Waals surface area contributed by atoms with Crippen LogP contribution < -0.4 is 5.32 Å². The molecule has 10 heavy (non-hydrogen) atoms. The molecule has 0 amide bonds. The Kier molecular flexibility index (Phi) is 1.92. The summed E-state index contributed by atoms with van der Waals surface area (Å²) in [5, 5.41) is 4.54. The molecule has 1 nitrogen and oxygen atoms in total. The van der Waals surface area contributed by atoms with Crippen LogP contribution in [0.25, 0.3) is 0 Å². The second-order valence-corrected chi connectivity index (χ2v) is 4.89. The Balaban J connectivity index is 1.97. The molecule has 2 fully saturated rings. The van der Waals surface area contributed by atoms with Crippen LogP contribution in [-0.2, 0) is 0 Å². The van der Waals surface area contributed by atoms with Gasteiger partial charge in [0.15, 0.2) is 0 Å². The first-order valence-corrected chi connectivity index (χ1v) is 5.26. The van der Waals surface area contributed by atoms with Crippen molar-refractivity contribution in [3.05, 3.63) is 0 Å². The summed E-state index contributed by atoms with van der Waals surface area (Å²) in [4.78, 5) is 0. The first-order chi connectivity index (χ1) is 4.86. The third-order valence-electron chi connectivity index (χ3n) is 2.58. The van der Waals surface area contributed by atoms with Crippen molar-refractivity contribution >= 4 is 11.8 Å². The van der Waals surface area contributed by atoms with Gasteiger partial charge in [-0.2, -0.15) is 11.8 Å². The van der Waals surface area contributed by atoms with E-state index in [1.165, 1.54) is 25.1 Å². The molecule has 2 heteroatoms. The predicted molar refractivity (Wildman–Crippen MR) is 46.4 cm³/mol. The summed E-state index contributed by atoms with van der Waals surface area (Å²) < 4.78 is 0. The van der Waals surface area contributed by atoms with Crippen molar-refractivity contribution < 1.29 is 0 Å². The molecular formula is C8H15NS. The third kappa shape index (κ3) is 1.19. The van der Waals surface area contributed by atoms with Gasteiger partial charge in [-0.25, -0.2) is 0 Å². The molecule has 0 spiro atoms. The van der Waals surface area contributed by atoms with Crippen molar-refractivity contribution in [3.8, 4) is 0 Å². The average Bonchev–Trinajstić information content (AvgIpc) is 2.27. The van der Waals surface area contributed by atoms with Crippen molar-refractivity contribution in [3.63, 3.8) is 0 Å². The quantitative estimate of drug-likeness (QED) is 0.572. The molecule has 0 aromatic rings. The monoisotopic (exact) mass is 157 g/mol. The van der Waals surface area contributed by atoms with Crippen molar-refractivity contribution in [1.82, 2.24) is 5.32 Å². The van der Waals surface area contributed by atoms with Crippen LogP contribution in [0.3, 0.4) is 0 Å². The molecule has 1 saturated heterocycles. The maximum absolute atomic E-state index is 3.59.